The number of halogens is 2. The zero-order valence-corrected chi connectivity index (χ0v) is 24.2. The second-order valence-corrected chi connectivity index (χ2v) is 11.3. The van der Waals surface area contributed by atoms with Crippen molar-refractivity contribution in [1.82, 2.24) is 4.57 Å². The quantitative estimate of drug-likeness (QED) is 0.244. The van der Waals surface area contributed by atoms with Crippen LogP contribution in [0.3, 0.4) is 0 Å². The summed E-state index contributed by atoms with van der Waals surface area (Å²) < 4.78 is 13.6. The smallest absolute Gasteiger partial charge is 0.338 e. The van der Waals surface area contributed by atoms with Gasteiger partial charge in [0.25, 0.3) is 5.56 Å². The summed E-state index contributed by atoms with van der Waals surface area (Å²) in [4.78, 5) is 32.0. The van der Waals surface area contributed by atoms with Crippen molar-refractivity contribution < 1.29 is 13.9 Å². The number of allylic oxidation sites excluding steroid dienone is 1. The molecule has 0 saturated heterocycles. The number of aromatic nitrogens is 1. The zero-order valence-electron chi connectivity index (χ0n) is 21.8. The summed E-state index contributed by atoms with van der Waals surface area (Å²) in [6, 6.07) is 16.0. The van der Waals surface area contributed by atoms with Gasteiger partial charge < -0.3 is 9.15 Å². The molecular weight excluding hydrogens is 555 g/mol. The number of rotatable bonds is 6. The van der Waals surface area contributed by atoms with Crippen molar-refractivity contribution in [2.75, 3.05) is 6.61 Å². The van der Waals surface area contributed by atoms with Crippen molar-refractivity contribution in [2.45, 2.75) is 39.7 Å². The minimum Gasteiger partial charge on any atom is -0.463 e. The Morgan fingerprint density at radius 3 is 2.54 bits per heavy atom. The number of hydrogen-bond donors (Lipinski definition) is 0. The summed E-state index contributed by atoms with van der Waals surface area (Å²) in [6.45, 7) is 7.93. The molecule has 200 valence electrons. The number of furan rings is 1. The monoisotopic (exact) mass is 580 g/mol. The highest BCUT2D eigenvalue weighted by atomic mass is 35.5. The van der Waals surface area contributed by atoms with Gasteiger partial charge in [0.15, 0.2) is 4.80 Å². The number of fused-ring (bicyclic) bond motifs is 1. The molecule has 0 unspecified atom stereocenters. The normalized spacial score (nSPS) is 15.5. The number of benzene rings is 2. The largest absolute Gasteiger partial charge is 0.463 e. The predicted octanol–water partition coefficient (Wildman–Crippen LogP) is 6.49. The Bertz CT molecular complexity index is 1780. The van der Waals surface area contributed by atoms with Crippen LogP contribution in [-0.4, -0.2) is 17.1 Å². The van der Waals surface area contributed by atoms with Crippen molar-refractivity contribution >= 4 is 46.6 Å². The fourth-order valence-electron chi connectivity index (χ4n) is 4.49. The second-order valence-electron chi connectivity index (χ2n) is 9.45. The van der Waals surface area contributed by atoms with Crippen LogP contribution in [0, 0.1) is 0 Å². The Morgan fingerprint density at radius 1 is 1.13 bits per heavy atom. The van der Waals surface area contributed by atoms with E-state index in [1.165, 1.54) is 21.5 Å². The number of nitrogens with zero attached hydrogens (tertiary/aromatic N) is 2. The van der Waals surface area contributed by atoms with E-state index in [0.717, 1.165) is 5.56 Å². The molecule has 0 bridgehead atoms. The first-order valence-corrected chi connectivity index (χ1v) is 14.1. The second kappa shape index (κ2) is 11.0. The van der Waals surface area contributed by atoms with E-state index in [1.807, 2.05) is 18.2 Å². The maximum absolute atomic E-state index is 13.8. The van der Waals surface area contributed by atoms with Crippen LogP contribution >= 0.6 is 34.5 Å². The Balaban J connectivity index is 1.65. The van der Waals surface area contributed by atoms with Gasteiger partial charge in [-0.2, -0.15) is 0 Å². The Hall–Kier alpha value is -3.39. The first kappa shape index (κ1) is 27.2. The first-order chi connectivity index (χ1) is 18.7. The maximum Gasteiger partial charge on any atom is 0.338 e. The summed E-state index contributed by atoms with van der Waals surface area (Å²) in [5, 5.41) is 0.825. The molecule has 0 N–H and O–H groups in total. The topological polar surface area (TPSA) is 73.8 Å². The number of carbonyl (C=O) groups excluding carboxylic acids is 1. The van der Waals surface area contributed by atoms with Gasteiger partial charge in [0.1, 0.15) is 17.6 Å². The van der Waals surface area contributed by atoms with E-state index in [-0.39, 0.29) is 17.7 Å². The van der Waals surface area contributed by atoms with Gasteiger partial charge in [0.05, 0.1) is 32.5 Å². The molecule has 3 heterocycles. The van der Waals surface area contributed by atoms with Crippen LogP contribution in [0.1, 0.15) is 56.5 Å². The van der Waals surface area contributed by atoms with Crippen molar-refractivity contribution in [2.24, 2.45) is 4.99 Å². The molecule has 6 nitrogen and oxygen atoms in total. The van der Waals surface area contributed by atoms with E-state index in [1.54, 1.807) is 44.2 Å². The van der Waals surface area contributed by atoms with Crippen LogP contribution in [-0.2, 0) is 9.53 Å². The van der Waals surface area contributed by atoms with E-state index >= 15 is 0 Å². The van der Waals surface area contributed by atoms with Gasteiger partial charge in [0.2, 0.25) is 0 Å². The van der Waals surface area contributed by atoms with E-state index in [4.69, 9.17) is 32.4 Å². The summed E-state index contributed by atoms with van der Waals surface area (Å²) in [6.07, 6.45) is 1.84. The van der Waals surface area contributed by atoms with E-state index in [9.17, 15) is 9.59 Å². The van der Waals surface area contributed by atoms with Crippen molar-refractivity contribution in [3.8, 4) is 11.3 Å². The molecule has 1 atom stereocenters. The summed E-state index contributed by atoms with van der Waals surface area (Å²) in [5.41, 5.74) is 3.30. The van der Waals surface area contributed by atoms with Crippen molar-refractivity contribution in [3.63, 3.8) is 0 Å². The molecule has 0 aliphatic carbocycles. The minimum absolute atomic E-state index is 0.186. The van der Waals surface area contributed by atoms with Gasteiger partial charge in [-0.25, -0.2) is 9.79 Å². The van der Waals surface area contributed by atoms with Gasteiger partial charge in [-0.3, -0.25) is 9.36 Å². The number of esters is 1. The average Bonchev–Trinajstić information content (AvgIpc) is 3.50. The molecule has 0 saturated carbocycles. The SMILES string of the molecule is CCOC(=O)C1=C(C)N=c2s/c(=C\c3ccc(C(C)C)cc3)c(=O)n2[C@@H]1c1ccc(-c2ccc(Cl)c(Cl)c2)o1. The van der Waals surface area contributed by atoms with Crippen molar-refractivity contribution in [3.05, 3.63) is 112 Å². The molecule has 1 aliphatic rings. The molecule has 0 radical (unpaired) electrons. The van der Waals surface area contributed by atoms with Gasteiger partial charge in [-0.1, -0.05) is 72.7 Å². The molecular formula is C30H26Cl2N2O4S. The Morgan fingerprint density at radius 2 is 1.87 bits per heavy atom. The van der Waals surface area contributed by atoms with Gasteiger partial charge >= 0.3 is 5.97 Å². The highest BCUT2D eigenvalue weighted by molar-refractivity contribution is 7.07. The first-order valence-electron chi connectivity index (χ1n) is 12.5. The fourth-order valence-corrected chi connectivity index (χ4v) is 5.84. The third-order valence-corrected chi connectivity index (χ3v) is 8.24. The van der Waals surface area contributed by atoms with E-state index in [2.05, 4.69) is 31.0 Å². The summed E-state index contributed by atoms with van der Waals surface area (Å²) in [5.74, 6) is 0.793. The number of hydrogen-bond acceptors (Lipinski definition) is 6. The average molecular weight is 582 g/mol. The standard InChI is InChI=1S/C30H26Cl2N2O4S/c1-5-37-29(36)26-17(4)33-30-34(28(35)25(39-30)14-18-6-8-19(9-7-18)16(2)3)27(26)24-13-12-23(38-24)20-10-11-21(31)22(32)15-20/h6-16,27H,5H2,1-4H3/b25-14-/t27-/m1/s1. The third kappa shape index (κ3) is 5.26. The van der Waals surface area contributed by atoms with E-state index < -0.39 is 12.0 Å². The molecule has 9 heteroatoms. The van der Waals surface area contributed by atoms with Gasteiger partial charge in [0, 0.05) is 5.56 Å². The molecule has 2 aromatic carbocycles. The van der Waals surface area contributed by atoms with E-state index in [0.29, 0.717) is 48.1 Å². The summed E-state index contributed by atoms with van der Waals surface area (Å²) >= 11 is 13.6. The fraction of sp³-hybridized carbons (Fsp3) is 0.233. The molecule has 5 rings (SSSR count). The molecule has 2 aromatic heterocycles. The van der Waals surface area contributed by atoms with Crippen LogP contribution in [0.4, 0.5) is 0 Å². The molecule has 4 aromatic rings. The highest BCUT2D eigenvalue weighted by Gasteiger charge is 2.35. The van der Waals surface area contributed by atoms with Crippen LogP contribution in [0.5, 0.6) is 0 Å². The molecule has 0 spiro atoms. The maximum atomic E-state index is 13.8. The number of carbonyl (C=O) groups is 1. The van der Waals surface area contributed by atoms with Gasteiger partial charge in [-0.15, -0.1) is 0 Å². The summed E-state index contributed by atoms with van der Waals surface area (Å²) in [7, 11) is 0. The lowest BCUT2D eigenvalue weighted by Gasteiger charge is -2.22. The lowest BCUT2D eigenvalue weighted by molar-refractivity contribution is -0.139. The van der Waals surface area contributed by atoms with Gasteiger partial charge in [-0.05, 0) is 67.3 Å². The third-order valence-electron chi connectivity index (χ3n) is 6.52. The number of thiazole rings is 1. The molecule has 1 aliphatic heterocycles. The zero-order chi connectivity index (χ0) is 27.8. The Labute approximate surface area is 239 Å². The molecule has 0 amide bonds. The van der Waals surface area contributed by atoms with Crippen molar-refractivity contribution in [1.29, 1.82) is 0 Å². The van der Waals surface area contributed by atoms with Crippen LogP contribution in [0.2, 0.25) is 10.0 Å². The van der Waals surface area contributed by atoms with Crippen LogP contribution < -0.4 is 14.9 Å². The Kier molecular flexibility index (Phi) is 7.67. The number of ether oxygens (including phenoxy) is 1. The highest BCUT2D eigenvalue weighted by Crippen LogP contribution is 2.35. The molecule has 0 fully saturated rings. The lowest BCUT2D eigenvalue weighted by atomic mass is 10.0. The molecule has 39 heavy (non-hydrogen) atoms. The van der Waals surface area contributed by atoms with Crippen LogP contribution in [0.15, 0.2) is 80.1 Å². The lowest BCUT2D eigenvalue weighted by Crippen LogP contribution is -2.39. The minimum atomic E-state index is -0.845. The predicted molar refractivity (Wildman–Crippen MR) is 155 cm³/mol. The van der Waals surface area contributed by atoms with Crippen LogP contribution in [0.25, 0.3) is 17.4 Å².